The fourth-order valence-electron chi connectivity index (χ4n) is 0.984. The van der Waals surface area contributed by atoms with Gasteiger partial charge in [0.1, 0.15) is 0 Å². The second-order valence-corrected chi connectivity index (χ2v) is 2.56. The molecule has 0 saturated heterocycles. The molecule has 0 atom stereocenters. The molecule has 0 aliphatic carbocycles. The first kappa shape index (κ1) is 8.28. The number of rotatable bonds is 3. The van der Waals surface area contributed by atoms with Crippen LogP contribution in [0.4, 0.5) is 0 Å². The normalized spacial score (nSPS) is 10.0. The summed E-state index contributed by atoms with van der Waals surface area (Å²) < 4.78 is 5.30. The van der Waals surface area contributed by atoms with E-state index in [-0.39, 0.29) is 0 Å². The topological polar surface area (TPSA) is 9.23 Å². The van der Waals surface area contributed by atoms with Crippen molar-refractivity contribution in [2.75, 3.05) is 6.61 Å². The maximum atomic E-state index is 5.30. The highest BCUT2D eigenvalue weighted by atomic mass is 16.5. The maximum Gasteiger partial charge on any atom is 0.0719 e. The smallest absolute Gasteiger partial charge is 0.0719 e. The average Bonchev–Trinajstić information content (AvgIpc) is 2.03. The van der Waals surface area contributed by atoms with Crippen molar-refractivity contribution in [3.63, 3.8) is 0 Å². The summed E-state index contributed by atoms with van der Waals surface area (Å²) in [5, 5.41) is 0. The Hall–Kier alpha value is -0.820. The Bertz CT molecular complexity index is 218. The fraction of sp³-hybridized carbons (Fsp3) is 0.400. The van der Waals surface area contributed by atoms with Crippen molar-refractivity contribution in [3.05, 3.63) is 35.4 Å². The van der Waals surface area contributed by atoms with Crippen LogP contribution in [0.25, 0.3) is 0 Å². The van der Waals surface area contributed by atoms with E-state index in [0.29, 0.717) is 0 Å². The number of aryl methyl sites for hydroxylation is 1. The fourth-order valence-corrected chi connectivity index (χ4v) is 0.984. The summed E-state index contributed by atoms with van der Waals surface area (Å²) in [6.07, 6.45) is 0. The van der Waals surface area contributed by atoms with Crippen LogP contribution in [-0.4, -0.2) is 6.61 Å². The first-order valence-corrected chi connectivity index (χ1v) is 3.97. The van der Waals surface area contributed by atoms with Crippen molar-refractivity contribution >= 4 is 0 Å². The Labute approximate surface area is 68.0 Å². The van der Waals surface area contributed by atoms with Gasteiger partial charge in [-0.3, -0.25) is 0 Å². The summed E-state index contributed by atoms with van der Waals surface area (Å²) in [5.74, 6) is 0. The molecule has 0 aliphatic heterocycles. The lowest BCUT2D eigenvalue weighted by Crippen LogP contribution is -1.93. The summed E-state index contributed by atoms with van der Waals surface area (Å²) in [6, 6.07) is 8.30. The Kier molecular flexibility index (Phi) is 3.12. The quantitative estimate of drug-likeness (QED) is 0.643. The largest absolute Gasteiger partial charge is 0.377 e. The third kappa shape index (κ3) is 2.35. The van der Waals surface area contributed by atoms with Crippen molar-refractivity contribution in [2.24, 2.45) is 0 Å². The Morgan fingerprint density at radius 3 is 2.64 bits per heavy atom. The van der Waals surface area contributed by atoms with Gasteiger partial charge in [-0.2, -0.15) is 0 Å². The minimum atomic E-state index is 0.739. The van der Waals surface area contributed by atoms with Gasteiger partial charge in [0, 0.05) is 6.61 Å². The molecule has 0 amide bonds. The van der Waals surface area contributed by atoms with Gasteiger partial charge in [-0.05, 0) is 25.0 Å². The zero-order chi connectivity index (χ0) is 8.10. The molecule has 11 heavy (non-hydrogen) atoms. The number of hydrogen-bond acceptors (Lipinski definition) is 1. The van der Waals surface area contributed by atoms with E-state index in [9.17, 15) is 0 Å². The summed E-state index contributed by atoms with van der Waals surface area (Å²) in [7, 11) is 0. The van der Waals surface area contributed by atoms with E-state index < -0.39 is 0 Å². The van der Waals surface area contributed by atoms with Crippen molar-refractivity contribution in [1.82, 2.24) is 0 Å². The van der Waals surface area contributed by atoms with Crippen LogP contribution < -0.4 is 0 Å². The van der Waals surface area contributed by atoms with Crippen molar-refractivity contribution in [3.8, 4) is 0 Å². The first-order chi connectivity index (χ1) is 5.34. The standard InChI is InChI=1S/C10H14O/c1-3-11-8-10-7-5-4-6-9(10)2/h4-7H,3,8H2,1-2H3. The van der Waals surface area contributed by atoms with Crippen molar-refractivity contribution in [2.45, 2.75) is 20.5 Å². The van der Waals surface area contributed by atoms with E-state index in [2.05, 4.69) is 19.1 Å². The lowest BCUT2D eigenvalue weighted by atomic mass is 10.1. The third-order valence-electron chi connectivity index (χ3n) is 1.72. The highest BCUT2D eigenvalue weighted by Gasteiger charge is 1.94. The van der Waals surface area contributed by atoms with Gasteiger partial charge < -0.3 is 4.74 Å². The molecular formula is C10H14O. The molecular weight excluding hydrogens is 136 g/mol. The second-order valence-electron chi connectivity index (χ2n) is 2.56. The molecule has 60 valence electrons. The van der Waals surface area contributed by atoms with E-state index in [1.165, 1.54) is 11.1 Å². The zero-order valence-electron chi connectivity index (χ0n) is 7.13. The van der Waals surface area contributed by atoms with Gasteiger partial charge in [-0.15, -0.1) is 0 Å². The van der Waals surface area contributed by atoms with Gasteiger partial charge in [0.05, 0.1) is 6.61 Å². The van der Waals surface area contributed by atoms with Crippen LogP contribution in [0.5, 0.6) is 0 Å². The average molecular weight is 150 g/mol. The Morgan fingerprint density at radius 2 is 2.00 bits per heavy atom. The van der Waals surface area contributed by atoms with E-state index in [1.807, 2.05) is 19.1 Å². The molecule has 1 rings (SSSR count). The predicted molar refractivity (Wildman–Crippen MR) is 46.5 cm³/mol. The molecule has 0 fully saturated rings. The van der Waals surface area contributed by atoms with Crippen LogP contribution in [0, 0.1) is 6.92 Å². The highest BCUT2D eigenvalue weighted by molar-refractivity contribution is 5.24. The van der Waals surface area contributed by atoms with Gasteiger partial charge in [-0.1, -0.05) is 24.3 Å². The Morgan fingerprint density at radius 1 is 1.27 bits per heavy atom. The van der Waals surface area contributed by atoms with Crippen molar-refractivity contribution < 1.29 is 4.74 Å². The third-order valence-corrected chi connectivity index (χ3v) is 1.72. The van der Waals surface area contributed by atoms with Gasteiger partial charge in [-0.25, -0.2) is 0 Å². The first-order valence-electron chi connectivity index (χ1n) is 3.97. The van der Waals surface area contributed by atoms with E-state index in [4.69, 9.17) is 4.74 Å². The summed E-state index contributed by atoms with van der Waals surface area (Å²) in [4.78, 5) is 0. The molecule has 0 aliphatic rings. The number of ether oxygens (including phenoxy) is 1. The molecule has 1 nitrogen and oxygen atoms in total. The van der Waals surface area contributed by atoms with E-state index >= 15 is 0 Å². The predicted octanol–water partition coefficient (Wildman–Crippen LogP) is 2.53. The monoisotopic (exact) mass is 150 g/mol. The van der Waals surface area contributed by atoms with Crippen LogP contribution in [0.2, 0.25) is 0 Å². The van der Waals surface area contributed by atoms with Crippen LogP contribution in [0.1, 0.15) is 18.1 Å². The molecule has 0 aromatic heterocycles. The molecule has 1 aromatic carbocycles. The zero-order valence-corrected chi connectivity index (χ0v) is 7.13. The van der Waals surface area contributed by atoms with E-state index in [1.54, 1.807) is 0 Å². The van der Waals surface area contributed by atoms with Gasteiger partial charge in [0.15, 0.2) is 0 Å². The van der Waals surface area contributed by atoms with Crippen LogP contribution in [0.15, 0.2) is 24.3 Å². The van der Waals surface area contributed by atoms with Crippen LogP contribution >= 0.6 is 0 Å². The molecule has 0 bridgehead atoms. The molecule has 0 saturated carbocycles. The maximum absolute atomic E-state index is 5.30. The van der Waals surface area contributed by atoms with Gasteiger partial charge >= 0.3 is 0 Å². The van der Waals surface area contributed by atoms with Crippen molar-refractivity contribution in [1.29, 1.82) is 0 Å². The second kappa shape index (κ2) is 4.14. The highest BCUT2D eigenvalue weighted by Crippen LogP contribution is 2.07. The molecule has 0 unspecified atom stereocenters. The molecule has 0 heterocycles. The Balaban J connectivity index is 2.62. The van der Waals surface area contributed by atoms with Crippen LogP contribution in [-0.2, 0) is 11.3 Å². The van der Waals surface area contributed by atoms with E-state index in [0.717, 1.165) is 13.2 Å². The van der Waals surface area contributed by atoms with Crippen LogP contribution in [0.3, 0.4) is 0 Å². The van der Waals surface area contributed by atoms with Gasteiger partial charge in [0.25, 0.3) is 0 Å². The summed E-state index contributed by atoms with van der Waals surface area (Å²) in [5.41, 5.74) is 2.59. The number of benzene rings is 1. The molecule has 1 aromatic rings. The molecule has 0 spiro atoms. The lowest BCUT2D eigenvalue weighted by Gasteiger charge is -2.03. The minimum Gasteiger partial charge on any atom is -0.377 e. The molecule has 0 radical (unpaired) electrons. The lowest BCUT2D eigenvalue weighted by molar-refractivity contribution is 0.133. The minimum absolute atomic E-state index is 0.739. The SMILES string of the molecule is CCOCc1ccccc1C. The summed E-state index contributed by atoms with van der Waals surface area (Å²) >= 11 is 0. The molecule has 0 N–H and O–H groups in total. The van der Waals surface area contributed by atoms with Gasteiger partial charge in [0.2, 0.25) is 0 Å². The molecule has 1 heteroatoms. The number of hydrogen-bond donors (Lipinski definition) is 0. The summed E-state index contributed by atoms with van der Waals surface area (Å²) in [6.45, 7) is 5.64.